The Bertz CT molecular complexity index is 651. The summed E-state index contributed by atoms with van der Waals surface area (Å²) in [5, 5.41) is 0. The molecule has 0 radical (unpaired) electrons. The molecule has 0 aromatic carbocycles. The van der Waals surface area contributed by atoms with Gasteiger partial charge in [0, 0.05) is 0 Å². The first-order valence-electron chi connectivity index (χ1n) is 13.4. The highest BCUT2D eigenvalue weighted by Gasteiger charge is 2.44. The summed E-state index contributed by atoms with van der Waals surface area (Å²) in [7, 11) is 0. The van der Waals surface area contributed by atoms with E-state index in [4.69, 9.17) is 0 Å². The van der Waals surface area contributed by atoms with Crippen LogP contribution in [0.2, 0.25) is 0 Å². The lowest BCUT2D eigenvalue weighted by molar-refractivity contribution is 0.185. The van der Waals surface area contributed by atoms with E-state index in [1.54, 1.807) is 0 Å². The van der Waals surface area contributed by atoms with Gasteiger partial charge >= 0.3 is 0 Å². The van der Waals surface area contributed by atoms with Crippen molar-refractivity contribution in [3.63, 3.8) is 0 Å². The number of rotatable bonds is 2. The molecule has 0 nitrogen and oxygen atoms in total. The quantitative estimate of drug-likeness (QED) is 0.400. The Hall–Kier alpha value is -0.780. The molecule has 0 heteroatoms. The third-order valence-corrected chi connectivity index (χ3v) is 9.86. The van der Waals surface area contributed by atoms with Gasteiger partial charge in [-0.25, -0.2) is 0 Å². The molecular formula is C30H48. The molecule has 0 aliphatic heterocycles. The molecule has 30 heavy (non-hydrogen) atoms. The van der Waals surface area contributed by atoms with Crippen molar-refractivity contribution in [2.45, 2.75) is 98.3 Å². The second-order valence-electron chi connectivity index (χ2n) is 12.4. The maximum Gasteiger partial charge on any atom is -0.00812 e. The van der Waals surface area contributed by atoms with Crippen molar-refractivity contribution >= 4 is 0 Å². The van der Waals surface area contributed by atoms with Crippen LogP contribution in [-0.4, -0.2) is 0 Å². The average molecular weight is 409 g/mol. The minimum absolute atomic E-state index is 0.692. The van der Waals surface area contributed by atoms with Gasteiger partial charge in [-0.15, -0.1) is 6.58 Å². The number of hydrogen-bond donors (Lipinski definition) is 0. The van der Waals surface area contributed by atoms with Crippen LogP contribution in [0.1, 0.15) is 98.3 Å². The second kappa shape index (κ2) is 9.38. The molecule has 0 heterocycles. The summed E-state index contributed by atoms with van der Waals surface area (Å²) in [6.45, 7) is 13.4. The summed E-state index contributed by atoms with van der Waals surface area (Å²) in [6, 6.07) is 0. The molecule has 0 saturated heterocycles. The first-order valence-corrected chi connectivity index (χ1v) is 13.4. The highest BCUT2D eigenvalue weighted by atomic mass is 14.5. The third kappa shape index (κ3) is 4.99. The lowest BCUT2D eigenvalue weighted by Crippen LogP contribution is -2.29. The minimum Gasteiger partial charge on any atom is -0.100 e. The molecule has 6 rings (SSSR count). The van der Waals surface area contributed by atoms with Crippen molar-refractivity contribution in [3.8, 4) is 0 Å². The highest BCUT2D eigenvalue weighted by Crippen LogP contribution is 2.53. The molecule has 6 aliphatic rings. The fraction of sp³-hybridized carbons (Fsp3) is 0.800. The van der Waals surface area contributed by atoms with Crippen LogP contribution < -0.4 is 0 Å². The normalized spacial score (nSPS) is 46.8. The summed E-state index contributed by atoms with van der Waals surface area (Å²) < 4.78 is 0. The largest absolute Gasteiger partial charge is 0.100 e. The Morgan fingerprint density at radius 3 is 2.17 bits per heavy atom. The van der Waals surface area contributed by atoms with Crippen LogP contribution in [0.4, 0.5) is 0 Å². The Morgan fingerprint density at radius 2 is 1.77 bits per heavy atom. The molecule has 168 valence electrons. The van der Waals surface area contributed by atoms with Gasteiger partial charge in [0.05, 0.1) is 0 Å². The number of hydrogen-bond acceptors (Lipinski definition) is 0. The standard InChI is InChI=1S/C12H20.C10H16.C8H12/c1-8(2)6-12-9(3)10-4-5-11(12)7-10;1-9-4-2-5-10(8-9)6-3-7-10;1-6-4-7-2-3-8(6)5-7/h9-12H,1,4-7H2,2-3H3;3,6,9H,2,4-5,7-8H2,1H3;2-3,6-8H,4-5H2,1H3. The summed E-state index contributed by atoms with van der Waals surface area (Å²) in [5.41, 5.74) is 2.08. The highest BCUT2D eigenvalue weighted by molar-refractivity contribution is 5.14. The van der Waals surface area contributed by atoms with Crippen LogP contribution in [-0.2, 0) is 0 Å². The van der Waals surface area contributed by atoms with Crippen LogP contribution in [0.25, 0.3) is 0 Å². The van der Waals surface area contributed by atoms with E-state index in [1.165, 1.54) is 76.2 Å². The molecular weight excluding hydrogens is 360 g/mol. The maximum atomic E-state index is 4.04. The van der Waals surface area contributed by atoms with E-state index in [9.17, 15) is 0 Å². The number of fused-ring (bicyclic) bond motifs is 4. The molecule has 4 saturated carbocycles. The molecule has 6 aliphatic carbocycles. The van der Waals surface area contributed by atoms with Gasteiger partial charge in [-0.05, 0) is 117 Å². The smallest absolute Gasteiger partial charge is 0.00812 e. The van der Waals surface area contributed by atoms with E-state index in [-0.39, 0.29) is 0 Å². The van der Waals surface area contributed by atoms with Gasteiger partial charge in [0.25, 0.3) is 0 Å². The van der Waals surface area contributed by atoms with Crippen LogP contribution in [0.15, 0.2) is 36.5 Å². The average Bonchev–Trinajstić information content (AvgIpc) is 3.45. The van der Waals surface area contributed by atoms with Crippen LogP contribution in [0.5, 0.6) is 0 Å². The molecule has 4 fully saturated rings. The molecule has 1 spiro atoms. The molecule has 4 bridgehead atoms. The second-order valence-corrected chi connectivity index (χ2v) is 12.4. The molecule has 0 aromatic heterocycles. The van der Waals surface area contributed by atoms with Crippen LogP contribution in [0, 0.1) is 52.8 Å². The summed E-state index contributed by atoms with van der Waals surface area (Å²) >= 11 is 0. The first-order chi connectivity index (χ1) is 14.3. The zero-order valence-electron chi connectivity index (χ0n) is 20.4. The topological polar surface area (TPSA) is 0 Å². The monoisotopic (exact) mass is 408 g/mol. The Balaban J connectivity index is 0.000000111. The van der Waals surface area contributed by atoms with Crippen molar-refractivity contribution in [2.24, 2.45) is 52.8 Å². The SMILES string of the molecule is C=C(C)CC1C2CCC(C2)C1C.CC1CC2C=CC1C2.CC1CCCC2(C=CC2)C1. The third-order valence-electron chi connectivity index (χ3n) is 9.86. The van der Waals surface area contributed by atoms with E-state index < -0.39 is 0 Å². The van der Waals surface area contributed by atoms with Crippen LogP contribution >= 0.6 is 0 Å². The predicted octanol–water partition coefficient (Wildman–Crippen LogP) is 9.00. The maximum absolute atomic E-state index is 4.04. The molecule has 9 atom stereocenters. The zero-order valence-corrected chi connectivity index (χ0v) is 20.4. The summed E-state index contributed by atoms with van der Waals surface area (Å²) in [6.07, 6.45) is 25.6. The lowest BCUT2D eigenvalue weighted by atomic mass is 9.63. The van der Waals surface area contributed by atoms with Crippen molar-refractivity contribution in [2.75, 3.05) is 0 Å². The molecule has 9 unspecified atom stereocenters. The van der Waals surface area contributed by atoms with Crippen molar-refractivity contribution in [3.05, 3.63) is 36.5 Å². The van der Waals surface area contributed by atoms with Gasteiger partial charge in [-0.1, -0.05) is 63.5 Å². The predicted molar refractivity (Wildman–Crippen MR) is 131 cm³/mol. The molecule has 0 amide bonds. The first kappa shape index (κ1) is 22.4. The van der Waals surface area contributed by atoms with E-state index in [0.717, 1.165) is 47.3 Å². The minimum atomic E-state index is 0.692. The van der Waals surface area contributed by atoms with Gasteiger partial charge in [0.15, 0.2) is 0 Å². The molecule has 0 N–H and O–H groups in total. The fourth-order valence-corrected chi connectivity index (χ4v) is 8.00. The van der Waals surface area contributed by atoms with Crippen molar-refractivity contribution in [1.82, 2.24) is 0 Å². The van der Waals surface area contributed by atoms with Gasteiger partial charge in [-0.2, -0.15) is 0 Å². The van der Waals surface area contributed by atoms with Gasteiger partial charge in [0.2, 0.25) is 0 Å². The van der Waals surface area contributed by atoms with E-state index in [1.807, 2.05) is 0 Å². The fourth-order valence-electron chi connectivity index (χ4n) is 8.00. The van der Waals surface area contributed by atoms with E-state index >= 15 is 0 Å². The number of allylic oxidation sites excluding steroid dienone is 5. The van der Waals surface area contributed by atoms with Crippen molar-refractivity contribution in [1.29, 1.82) is 0 Å². The van der Waals surface area contributed by atoms with Gasteiger partial charge in [-0.3, -0.25) is 0 Å². The Kier molecular flexibility index (Phi) is 7.01. The van der Waals surface area contributed by atoms with E-state index in [0.29, 0.717) is 5.41 Å². The van der Waals surface area contributed by atoms with Gasteiger partial charge < -0.3 is 0 Å². The Morgan fingerprint density at radius 1 is 1.00 bits per heavy atom. The summed E-state index contributed by atoms with van der Waals surface area (Å²) in [5.74, 6) is 8.00. The lowest BCUT2D eigenvalue weighted by Gasteiger charge is -2.41. The van der Waals surface area contributed by atoms with Gasteiger partial charge in [0.1, 0.15) is 0 Å². The van der Waals surface area contributed by atoms with E-state index in [2.05, 4.69) is 58.6 Å². The zero-order chi connectivity index (χ0) is 21.3. The van der Waals surface area contributed by atoms with Crippen LogP contribution in [0.3, 0.4) is 0 Å². The van der Waals surface area contributed by atoms with Crippen molar-refractivity contribution < 1.29 is 0 Å². The summed E-state index contributed by atoms with van der Waals surface area (Å²) in [4.78, 5) is 0. The molecule has 0 aromatic rings. The Labute approximate surface area is 187 Å².